The number of Topliss-reactive ketones (excluding diaryl/α,β-unsaturated/α-hetero) is 1. The fourth-order valence-electron chi connectivity index (χ4n) is 1.54. The fourth-order valence-corrected chi connectivity index (χ4v) is 1.54. The molecule has 0 radical (unpaired) electrons. The quantitative estimate of drug-likeness (QED) is 0.670. The minimum Gasteiger partial charge on any atom is -0.362 e. The number of H-pyrrole nitrogens is 1. The number of aryl methyl sites for hydroxylation is 2. The van der Waals surface area contributed by atoms with E-state index in [9.17, 15) is 4.79 Å². The third-order valence-corrected chi connectivity index (χ3v) is 2.28. The van der Waals surface area contributed by atoms with Crippen LogP contribution in [0.5, 0.6) is 0 Å². The largest absolute Gasteiger partial charge is 0.362 e. The predicted molar refractivity (Wildman–Crippen MR) is 49.6 cm³/mol. The summed E-state index contributed by atoms with van der Waals surface area (Å²) < 4.78 is 0. The molecule has 2 heteroatoms. The molecule has 0 saturated heterocycles. The number of ketones is 1. The molecule has 1 N–H and O–H groups in total. The van der Waals surface area contributed by atoms with E-state index in [2.05, 4.69) is 11.9 Å². The smallest absolute Gasteiger partial charge is 0.161 e. The Morgan fingerprint density at radius 1 is 1.42 bits per heavy atom. The molecule has 0 aliphatic carbocycles. The van der Waals surface area contributed by atoms with Gasteiger partial charge in [0.15, 0.2) is 5.78 Å². The normalized spacial score (nSPS) is 10.3. The van der Waals surface area contributed by atoms with Gasteiger partial charge in [-0.25, -0.2) is 0 Å². The fraction of sp³-hybridized carbons (Fsp3) is 0.500. The van der Waals surface area contributed by atoms with E-state index >= 15 is 0 Å². The molecule has 0 amide bonds. The summed E-state index contributed by atoms with van der Waals surface area (Å²) in [4.78, 5) is 14.5. The summed E-state index contributed by atoms with van der Waals surface area (Å²) in [5.41, 5.74) is 4.16. The van der Waals surface area contributed by atoms with Gasteiger partial charge in [0.2, 0.25) is 0 Å². The second kappa shape index (κ2) is 3.13. The van der Waals surface area contributed by atoms with E-state index in [0.717, 1.165) is 28.9 Å². The number of hydrogen-bond donors (Lipinski definition) is 1. The van der Waals surface area contributed by atoms with Crippen LogP contribution in [-0.4, -0.2) is 10.8 Å². The van der Waals surface area contributed by atoms with Gasteiger partial charge in [-0.2, -0.15) is 0 Å². The first-order valence-corrected chi connectivity index (χ1v) is 4.26. The van der Waals surface area contributed by atoms with Gasteiger partial charge in [-0.15, -0.1) is 0 Å². The number of carbonyl (C=O) groups excluding carboxylic acids is 1. The lowest BCUT2D eigenvalue weighted by Gasteiger charge is -1.96. The number of aromatic amines is 1. The van der Waals surface area contributed by atoms with Crippen molar-refractivity contribution >= 4 is 5.78 Å². The summed E-state index contributed by atoms with van der Waals surface area (Å²) in [5, 5.41) is 0. The average Bonchev–Trinajstić information content (AvgIpc) is 2.28. The molecule has 1 aromatic heterocycles. The molecular weight excluding hydrogens is 150 g/mol. The Bertz CT molecular complexity index is 310. The van der Waals surface area contributed by atoms with Crippen molar-refractivity contribution in [3.63, 3.8) is 0 Å². The molecule has 0 aromatic carbocycles. The lowest BCUT2D eigenvalue weighted by molar-refractivity contribution is 0.101. The molecule has 0 fully saturated rings. The zero-order valence-corrected chi connectivity index (χ0v) is 8.12. The van der Waals surface area contributed by atoms with Crippen molar-refractivity contribution in [2.45, 2.75) is 34.1 Å². The van der Waals surface area contributed by atoms with Gasteiger partial charge in [-0.05, 0) is 32.8 Å². The van der Waals surface area contributed by atoms with Gasteiger partial charge in [-0.3, -0.25) is 4.79 Å². The van der Waals surface area contributed by atoms with E-state index in [0.29, 0.717) is 0 Å². The maximum absolute atomic E-state index is 11.2. The summed E-state index contributed by atoms with van der Waals surface area (Å²) in [7, 11) is 0. The highest BCUT2D eigenvalue weighted by Gasteiger charge is 2.13. The van der Waals surface area contributed by atoms with Gasteiger partial charge in [0, 0.05) is 17.0 Å². The Labute approximate surface area is 73.0 Å². The Hall–Kier alpha value is -1.05. The molecule has 66 valence electrons. The van der Waals surface area contributed by atoms with Crippen molar-refractivity contribution in [2.24, 2.45) is 0 Å². The maximum atomic E-state index is 11.2. The Morgan fingerprint density at radius 3 is 2.33 bits per heavy atom. The molecule has 0 unspecified atom stereocenters. The molecular formula is C10H15NO. The standard InChI is InChI=1S/C10H15NO/c1-5-9-10(8(4)12)6(2)7(3)11-9/h11H,5H2,1-4H3. The zero-order chi connectivity index (χ0) is 9.30. The summed E-state index contributed by atoms with van der Waals surface area (Å²) >= 11 is 0. The minimum absolute atomic E-state index is 0.161. The monoisotopic (exact) mass is 165 g/mol. The van der Waals surface area contributed by atoms with Crippen LogP contribution in [0.3, 0.4) is 0 Å². The Balaban J connectivity index is 3.31. The molecule has 2 nitrogen and oxygen atoms in total. The highest BCUT2D eigenvalue weighted by Crippen LogP contribution is 2.18. The zero-order valence-electron chi connectivity index (χ0n) is 8.12. The molecule has 12 heavy (non-hydrogen) atoms. The van der Waals surface area contributed by atoms with Gasteiger partial charge >= 0.3 is 0 Å². The molecule has 0 bridgehead atoms. The average molecular weight is 165 g/mol. The number of aromatic nitrogens is 1. The van der Waals surface area contributed by atoms with Gasteiger partial charge in [0.05, 0.1) is 0 Å². The Kier molecular flexibility index (Phi) is 2.36. The van der Waals surface area contributed by atoms with Crippen molar-refractivity contribution < 1.29 is 4.79 Å². The molecule has 0 aliphatic rings. The first kappa shape index (κ1) is 9.04. The van der Waals surface area contributed by atoms with E-state index < -0.39 is 0 Å². The maximum Gasteiger partial charge on any atom is 0.161 e. The van der Waals surface area contributed by atoms with Crippen LogP contribution in [0.2, 0.25) is 0 Å². The summed E-state index contributed by atoms with van der Waals surface area (Å²) in [5.74, 6) is 0.161. The van der Waals surface area contributed by atoms with Crippen LogP contribution in [-0.2, 0) is 6.42 Å². The summed E-state index contributed by atoms with van der Waals surface area (Å²) in [6, 6.07) is 0. The number of nitrogens with one attached hydrogen (secondary N) is 1. The first-order valence-electron chi connectivity index (χ1n) is 4.26. The van der Waals surface area contributed by atoms with E-state index in [1.807, 2.05) is 13.8 Å². The van der Waals surface area contributed by atoms with Crippen LogP contribution >= 0.6 is 0 Å². The van der Waals surface area contributed by atoms with Gasteiger partial charge < -0.3 is 4.98 Å². The van der Waals surface area contributed by atoms with Gasteiger partial charge in [-0.1, -0.05) is 6.92 Å². The third kappa shape index (κ3) is 1.29. The second-order valence-corrected chi connectivity index (χ2v) is 3.14. The molecule has 0 aliphatic heterocycles. The molecule has 0 saturated carbocycles. The topological polar surface area (TPSA) is 32.9 Å². The molecule has 1 rings (SSSR count). The summed E-state index contributed by atoms with van der Waals surface area (Å²) in [6.07, 6.45) is 0.892. The highest BCUT2D eigenvalue weighted by atomic mass is 16.1. The van der Waals surface area contributed by atoms with Crippen LogP contribution in [0.4, 0.5) is 0 Å². The number of carbonyl (C=O) groups is 1. The van der Waals surface area contributed by atoms with Crippen molar-refractivity contribution in [3.05, 3.63) is 22.5 Å². The van der Waals surface area contributed by atoms with E-state index in [1.54, 1.807) is 6.92 Å². The minimum atomic E-state index is 0.161. The van der Waals surface area contributed by atoms with Crippen LogP contribution in [0.15, 0.2) is 0 Å². The van der Waals surface area contributed by atoms with E-state index in [-0.39, 0.29) is 5.78 Å². The van der Waals surface area contributed by atoms with Crippen molar-refractivity contribution in [1.29, 1.82) is 0 Å². The van der Waals surface area contributed by atoms with Crippen molar-refractivity contribution in [2.75, 3.05) is 0 Å². The molecule has 1 aromatic rings. The summed E-state index contributed by atoms with van der Waals surface area (Å²) in [6.45, 7) is 7.66. The molecule has 1 heterocycles. The Morgan fingerprint density at radius 2 is 2.00 bits per heavy atom. The van der Waals surface area contributed by atoms with Gasteiger partial charge in [0.25, 0.3) is 0 Å². The van der Waals surface area contributed by atoms with Crippen molar-refractivity contribution in [3.8, 4) is 0 Å². The number of rotatable bonds is 2. The van der Waals surface area contributed by atoms with Crippen LogP contribution in [0.1, 0.15) is 41.2 Å². The predicted octanol–water partition coefficient (Wildman–Crippen LogP) is 2.40. The second-order valence-electron chi connectivity index (χ2n) is 3.14. The molecule has 0 atom stereocenters. The van der Waals surface area contributed by atoms with Crippen LogP contribution in [0.25, 0.3) is 0 Å². The lowest BCUT2D eigenvalue weighted by Crippen LogP contribution is -1.97. The highest BCUT2D eigenvalue weighted by molar-refractivity contribution is 5.97. The van der Waals surface area contributed by atoms with Gasteiger partial charge in [0.1, 0.15) is 0 Å². The number of hydrogen-bond acceptors (Lipinski definition) is 1. The van der Waals surface area contributed by atoms with Crippen molar-refractivity contribution in [1.82, 2.24) is 4.98 Å². The molecule has 0 spiro atoms. The SMILES string of the molecule is CCc1[nH]c(C)c(C)c1C(C)=O. The van der Waals surface area contributed by atoms with Crippen LogP contribution < -0.4 is 0 Å². The first-order chi connectivity index (χ1) is 5.57. The third-order valence-electron chi connectivity index (χ3n) is 2.28. The van der Waals surface area contributed by atoms with Crippen LogP contribution in [0, 0.1) is 13.8 Å². The lowest BCUT2D eigenvalue weighted by atomic mass is 10.1. The van der Waals surface area contributed by atoms with E-state index in [1.165, 1.54) is 0 Å². The van der Waals surface area contributed by atoms with E-state index in [4.69, 9.17) is 0 Å².